The maximum atomic E-state index is 9.04. The Labute approximate surface area is 104 Å². The highest BCUT2D eigenvalue weighted by Crippen LogP contribution is 2.09. The van der Waals surface area contributed by atoms with Crippen LogP contribution in [0, 0.1) is 0 Å². The maximum Gasteiger partial charge on any atom is 0.129 e. The molecule has 0 aliphatic rings. The van der Waals surface area contributed by atoms with Crippen LogP contribution in [0.5, 0.6) is 0 Å². The molecule has 0 bridgehead atoms. The van der Waals surface area contributed by atoms with Gasteiger partial charge in [0.25, 0.3) is 0 Å². The first-order valence-electron chi connectivity index (χ1n) is 5.17. The monoisotopic (exact) mass is 246 g/mol. The Morgan fingerprint density at radius 3 is 2.53 bits per heavy atom. The number of hydrogen-bond acceptors (Lipinski definition) is 3. The van der Waals surface area contributed by atoms with E-state index in [-0.39, 0.29) is 0 Å². The molecule has 1 aromatic heterocycles. The zero-order chi connectivity index (χ0) is 12.1. The van der Waals surface area contributed by atoms with Crippen LogP contribution in [-0.4, -0.2) is 15.9 Å². The highest BCUT2D eigenvalue weighted by molar-refractivity contribution is 6.29. The summed E-state index contributed by atoms with van der Waals surface area (Å²) in [6.07, 6.45) is 0.446. The fourth-order valence-corrected chi connectivity index (χ4v) is 1.73. The SMILES string of the molecule is ON=C(Cc1cccc(Cl)n1)c1ccccc1. The highest BCUT2D eigenvalue weighted by Gasteiger charge is 2.06. The third-order valence-corrected chi connectivity index (χ3v) is 2.56. The van der Waals surface area contributed by atoms with E-state index in [0.717, 1.165) is 11.3 Å². The summed E-state index contributed by atoms with van der Waals surface area (Å²) < 4.78 is 0. The van der Waals surface area contributed by atoms with Gasteiger partial charge in [-0.3, -0.25) is 0 Å². The van der Waals surface area contributed by atoms with Crippen molar-refractivity contribution in [1.29, 1.82) is 0 Å². The number of nitrogens with zero attached hydrogens (tertiary/aromatic N) is 2. The van der Waals surface area contributed by atoms with E-state index in [4.69, 9.17) is 16.8 Å². The molecule has 3 nitrogen and oxygen atoms in total. The molecule has 1 heterocycles. The van der Waals surface area contributed by atoms with Gasteiger partial charge in [0.2, 0.25) is 0 Å². The lowest BCUT2D eigenvalue weighted by Crippen LogP contribution is -2.06. The van der Waals surface area contributed by atoms with Gasteiger partial charge in [-0.1, -0.05) is 53.2 Å². The zero-order valence-corrected chi connectivity index (χ0v) is 9.80. The van der Waals surface area contributed by atoms with Gasteiger partial charge in [0, 0.05) is 12.1 Å². The van der Waals surface area contributed by atoms with Crippen LogP contribution in [0.15, 0.2) is 53.7 Å². The summed E-state index contributed by atoms with van der Waals surface area (Å²) in [6.45, 7) is 0. The molecular formula is C13H11ClN2O. The lowest BCUT2D eigenvalue weighted by Gasteiger charge is -2.04. The molecule has 86 valence electrons. The molecule has 0 radical (unpaired) electrons. The van der Waals surface area contributed by atoms with Crippen LogP contribution in [0.3, 0.4) is 0 Å². The Hall–Kier alpha value is -1.87. The third kappa shape index (κ3) is 3.04. The number of aromatic nitrogens is 1. The minimum atomic E-state index is 0.438. The Morgan fingerprint density at radius 2 is 1.88 bits per heavy atom. The third-order valence-electron chi connectivity index (χ3n) is 2.35. The van der Waals surface area contributed by atoms with Crippen LogP contribution in [-0.2, 0) is 6.42 Å². The second kappa shape index (κ2) is 5.46. The number of rotatable bonds is 3. The molecule has 2 rings (SSSR count). The normalized spacial score (nSPS) is 11.5. The second-order valence-corrected chi connectivity index (χ2v) is 3.93. The highest BCUT2D eigenvalue weighted by atomic mass is 35.5. The summed E-state index contributed by atoms with van der Waals surface area (Å²) in [6, 6.07) is 14.9. The Bertz CT molecular complexity index is 526. The predicted molar refractivity (Wildman–Crippen MR) is 67.7 cm³/mol. The van der Waals surface area contributed by atoms with Crippen LogP contribution < -0.4 is 0 Å². The Balaban J connectivity index is 2.23. The predicted octanol–water partition coefficient (Wildman–Crippen LogP) is 3.16. The molecule has 0 aliphatic carbocycles. The lowest BCUT2D eigenvalue weighted by molar-refractivity contribution is 0.318. The van der Waals surface area contributed by atoms with Crippen LogP contribution >= 0.6 is 11.6 Å². The van der Waals surface area contributed by atoms with Crippen molar-refractivity contribution in [3.63, 3.8) is 0 Å². The van der Waals surface area contributed by atoms with Gasteiger partial charge in [-0.05, 0) is 17.7 Å². The summed E-state index contributed by atoms with van der Waals surface area (Å²) in [5.74, 6) is 0. The average Bonchev–Trinajstić information content (AvgIpc) is 2.37. The van der Waals surface area contributed by atoms with E-state index in [1.165, 1.54) is 0 Å². The minimum absolute atomic E-state index is 0.438. The van der Waals surface area contributed by atoms with Crippen molar-refractivity contribution in [2.45, 2.75) is 6.42 Å². The largest absolute Gasteiger partial charge is 0.411 e. The fraction of sp³-hybridized carbons (Fsp3) is 0.0769. The standard InChI is InChI=1S/C13H11ClN2O/c14-13-8-4-7-11(15-13)9-12(16-17)10-5-2-1-3-6-10/h1-8,17H,9H2. The quantitative estimate of drug-likeness (QED) is 0.391. The molecule has 17 heavy (non-hydrogen) atoms. The molecule has 1 aromatic carbocycles. The van der Waals surface area contributed by atoms with Crippen molar-refractivity contribution in [2.24, 2.45) is 5.16 Å². The van der Waals surface area contributed by atoms with Crippen molar-refractivity contribution < 1.29 is 5.21 Å². The number of halogens is 1. The summed E-state index contributed by atoms with van der Waals surface area (Å²) in [5.41, 5.74) is 2.21. The van der Waals surface area contributed by atoms with Crippen LogP contribution in [0.4, 0.5) is 0 Å². The van der Waals surface area contributed by atoms with Crippen molar-refractivity contribution >= 4 is 17.3 Å². The first kappa shape index (κ1) is 11.6. The summed E-state index contributed by atoms with van der Waals surface area (Å²) >= 11 is 5.80. The minimum Gasteiger partial charge on any atom is -0.411 e. The topological polar surface area (TPSA) is 45.5 Å². The van der Waals surface area contributed by atoms with Gasteiger partial charge in [-0.25, -0.2) is 4.98 Å². The molecule has 2 aromatic rings. The van der Waals surface area contributed by atoms with E-state index in [9.17, 15) is 0 Å². The molecule has 4 heteroatoms. The smallest absolute Gasteiger partial charge is 0.129 e. The van der Waals surface area contributed by atoms with Crippen molar-refractivity contribution in [2.75, 3.05) is 0 Å². The van der Waals surface area contributed by atoms with Gasteiger partial charge < -0.3 is 5.21 Å². The zero-order valence-electron chi connectivity index (χ0n) is 9.05. The van der Waals surface area contributed by atoms with Crippen molar-refractivity contribution in [3.8, 4) is 0 Å². The molecule has 0 unspecified atom stereocenters. The second-order valence-electron chi connectivity index (χ2n) is 3.54. The summed E-state index contributed by atoms with van der Waals surface area (Å²) in [7, 11) is 0. The molecule has 1 N–H and O–H groups in total. The van der Waals surface area contributed by atoms with Crippen molar-refractivity contribution in [1.82, 2.24) is 4.98 Å². The van der Waals surface area contributed by atoms with Crippen LogP contribution in [0.2, 0.25) is 5.15 Å². The average molecular weight is 247 g/mol. The molecule has 0 atom stereocenters. The van der Waals surface area contributed by atoms with Gasteiger partial charge in [-0.15, -0.1) is 0 Å². The van der Waals surface area contributed by atoms with Crippen molar-refractivity contribution in [3.05, 3.63) is 64.9 Å². The van der Waals surface area contributed by atoms with E-state index in [1.807, 2.05) is 42.5 Å². The number of benzene rings is 1. The molecule has 0 spiro atoms. The first-order valence-corrected chi connectivity index (χ1v) is 5.55. The van der Waals surface area contributed by atoms with Gasteiger partial charge in [0.05, 0.1) is 5.71 Å². The van der Waals surface area contributed by atoms with Gasteiger partial charge >= 0.3 is 0 Å². The van der Waals surface area contributed by atoms with Gasteiger partial charge in [-0.2, -0.15) is 0 Å². The van der Waals surface area contributed by atoms with Gasteiger partial charge in [0.1, 0.15) is 5.15 Å². The lowest BCUT2D eigenvalue weighted by atomic mass is 10.1. The van der Waals surface area contributed by atoms with E-state index < -0.39 is 0 Å². The van der Waals surface area contributed by atoms with Crippen LogP contribution in [0.1, 0.15) is 11.3 Å². The number of oxime groups is 1. The van der Waals surface area contributed by atoms with Crippen LogP contribution in [0.25, 0.3) is 0 Å². The number of hydrogen-bond donors (Lipinski definition) is 1. The molecule has 0 amide bonds. The maximum absolute atomic E-state index is 9.04. The molecule has 0 aliphatic heterocycles. The molecule has 0 saturated carbocycles. The van der Waals surface area contributed by atoms with E-state index in [1.54, 1.807) is 6.07 Å². The molecule has 0 saturated heterocycles. The van der Waals surface area contributed by atoms with E-state index in [0.29, 0.717) is 17.3 Å². The Morgan fingerprint density at radius 1 is 1.12 bits per heavy atom. The van der Waals surface area contributed by atoms with Gasteiger partial charge in [0.15, 0.2) is 0 Å². The van der Waals surface area contributed by atoms with E-state index >= 15 is 0 Å². The summed E-state index contributed by atoms with van der Waals surface area (Å²) in [5, 5.41) is 12.8. The van der Waals surface area contributed by atoms with E-state index in [2.05, 4.69) is 10.1 Å². The number of pyridine rings is 1. The molecular weight excluding hydrogens is 236 g/mol. The fourth-order valence-electron chi connectivity index (χ4n) is 1.55. The first-order chi connectivity index (χ1) is 8.29. The summed E-state index contributed by atoms with van der Waals surface area (Å²) in [4.78, 5) is 4.16. The molecule has 0 fully saturated rings. The Kier molecular flexibility index (Phi) is 3.73.